The van der Waals surface area contributed by atoms with Crippen molar-refractivity contribution in [3.8, 4) is 6.07 Å². The van der Waals surface area contributed by atoms with Gasteiger partial charge in [0.15, 0.2) is 5.79 Å². The average molecular weight is 351 g/mol. The van der Waals surface area contributed by atoms with E-state index in [1.807, 2.05) is 33.3 Å². The van der Waals surface area contributed by atoms with Crippen LogP contribution in [0.1, 0.15) is 30.4 Å². The molecule has 1 aromatic rings. The van der Waals surface area contributed by atoms with E-state index in [9.17, 15) is 10.4 Å². The molecule has 0 bridgehead atoms. The predicted octanol–water partition coefficient (Wildman–Crippen LogP) is 1.79. The number of thiophene rings is 1. The molecule has 4 atom stereocenters. The number of aliphatic imine (C=N–C) groups is 1. The minimum absolute atomic E-state index is 0.150. The van der Waals surface area contributed by atoms with Gasteiger partial charge in [-0.1, -0.05) is 0 Å². The summed E-state index contributed by atoms with van der Waals surface area (Å²) in [5.41, 5.74) is 1.38. The van der Waals surface area contributed by atoms with Crippen molar-refractivity contribution >= 4 is 23.4 Å². The van der Waals surface area contributed by atoms with E-state index in [1.165, 1.54) is 11.3 Å². The molecular formula is C16H21N3O4S. The largest absolute Gasteiger partial charge is 0.394 e. The zero-order valence-corrected chi connectivity index (χ0v) is 14.9. The molecule has 2 aliphatic heterocycles. The third-order valence-electron chi connectivity index (χ3n) is 3.95. The van der Waals surface area contributed by atoms with Gasteiger partial charge in [0.05, 0.1) is 18.6 Å². The summed E-state index contributed by atoms with van der Waals surface area (Å²) >= 11 is 1.33. The van der Waals surface area contributed by atoms with Gasteiger partial charge in [-0.2, -0.15) is 5.26 Å². The molecule has 2 aliphatic rings. The van der Waals surface area contributed by atoms with E-state index in [0.29, 0.717) is 10.6 Å². The fourth-order valence-corrected chi connectivity index (χ4v) is 3.86. The Morgan fingerprint density at radius 1 is 1.42 bits per heavy atom. The molecule has 2 fully saturated rings. The lowest BCUT2D eigenvalue weighted by molar-refractivity contribution is -0.191. The lowest BCUT2D eigenvalue weighted by Crippen LogP contribution is -2.31. The van der Waals surface area contributed by atoms with E-state index in [4.69, 9.17) is 14.2 Å². The van der Waals surface area contributed by atoms with Crippen LogP contribution in [0.2, 0.25) is 0 Å². The first-order chi connectivity index (χ1) is 11.4. The van der Waals surface area contributed by atoms with Gasteiger partial charge >= 0.3 is 0 Å². The molecule has 0 saturated carbocycles. The maximum Gasteiger partial charge on any atom is 0.164 e. The zero-order chi connectivity index (χ0) is 17.5. The number of aliphatic hydroxyl groups excluding tert-OH is 1. The number of rotatable bonds is 4. The van der Waals surface area contributed by atoms with Crippen molar-refractivity contribution in [1.29, 1.82) is 5.26 Å². The molecule has 2 saturated heterocycles. The molecule has 0 aliphatic carbocycles. The maximum atomic E-state index is 9.60. The molecule has 130 valence electrons. The molecule has 0 spiro atoms. The highest BCUT2D eigenvalue weighted by molar-refractivity contribution is 7.11. The van der Waals surface area contributed by atoms with Gasteiger partial charge < -0.3 is 24.2 Å². The lowest BCUT2D eigenvalue weighted by Gasteiger charge is -2.23. The highest BCUT2D eigenvalue weighted by Crippen LogP contribution is 2.48. The Bertz CT molecular complexity index is 679. The Labute approximate surface area is 145 Å². The molecule has 0 radical (unpaired) electrons. The number of hydrogen-bond acceptors (Lipinski definition) is 7. The van der Waals surface area contributed by atoms with Crippen LogP contribution in [-0.4, -0.2) is 61.1 Å². The van der Waals surface area contributed by atoms with Crippen molar-refractivity contribution in [1.82, 2.24) is 4.90 Å². The predicted molar refractivity (Wildman–Crippen MR) is 89.4 cm³/mol. The van der Waals surface area contributed by atoms with Crippen LogP contribution in [-0.2, 0) is 14.2 Å². The zero-order valence-electron chi connectivity index (χ0n) is 14.1. The second-order valence-electron chi connectivity index (χ2n) is 6.53. The van der Waals surface area contributed by atoms with Gasteiger partial charge in [-0.15, -0.1) is 11.3 Å². The summed E-state index contributed by atoms with van der Waals surface area (Å²) in [6.45, 7) is 3.54. The number of ether oxygens (including phenoxy) is 3. The quantitative estimate of drug-likeness (QED) is 0.657. The molecule has 3 rings (SSSR count). The van der Waals surface area contributed by atoms with Crippen LogP contribution in [0.4, 0.5) is 5.69 Å². The van der Waals surface area contributed by atoms with E-state index < -0.39 is 18.0 Å². The number of aliphatic hydroxyl groups is 1. The minimum Gasteiger partial charge on any atom is -0.394 e. The third kappa shape index (κ3) is 3.06. The highest BCUT2D eigenvalue weighted by atomic mass is 32.1. The second-order valence-corrected chi connectivity index (χ2v) is 7.41. The van der Waals surface area contributed by atoms with Crippen LogP contribution >= 0.6 is 11.3 Å². The molecule has 8 heteroatoms. The summed E-state index contributed by atoms with van der Waals surface area (Å²) in [5, 5.41) is 20.8. The number of nitriles is 1. The standard InChI is InChI=1S/C16H21N3O4S/c1-16(2)22-14-10(6-20)21-13(15(14)23-16)9-7-24-11(5-17)12(9)18-8-19(3)4/h7-8,10,13-15,20H,6H2,1-4H3/b18-8+/t10-,13+,14-,15+/m1/s1. The van der Waals surface area contributed by atoms with Gasteiger partial charge in [0.25, 0.3) is 0 Å². The van der Waals surface area contributed by atoms with Gasteiger partial charge in [0.2, 0.25) is 0 Å². The van der Waals surface area contributed by atoms with Crippen molar-refractivity contribution in [2.75, 3.05) is 20.7 Å². The van der Waals surface area contributed by atoms with Crippen molar-refractivity contribution in [2.24, 2.45) is 4.99 Å². The number of hydrogen-bond donors (Lipinski definition) is 1. The van der Waals surface area contributed by atoms with Crippen molar-refractivity contribution in [3.63, 3.8) is 0 Å². The summed E-state index contributed by atoms with van der Waals surface area (Å²) in [5.74, 6) is -0.730. The molecule has 0 amide bonds. The van der Waals surface area contributed by atoms with E-state index in [-0.39, 0.29) is 18.8 Å². The summed E-state index contributed by atoms with van der Waals surface area (Å²) in [4.78, 5) is 6.76. The first-order valence-electron chi connectivity index (χ1n) is 7.70. The molecular weight excluding hydrogens is 330 g/mol. The van der Waals surface area contributed by atoms with Gasteiger partial charge in [0.1, 0.15) is 35.4 Å². The normalized spacial score (nSPS) is 31.3. The van der Waals surface area contributed by atoms with Crippen molar-refractivity contribution in [2.45, 2.75) is 44.1 Å². The van der Waals surface area contributed by atoms with Gasteiger partial charge in [-0.25, -0.2) is 4.99 Å². The molecule has 0 unspecified atom stereocenters. The summed E-state index contributed by atoms with van der Waals surface area (Å²) in [7, 11) is 3.73. The first-order valence-corrected chi connectivity index (χ1v) is 8.58. The van der Waals surface area contributed by atoms with Crippen LogP contribution in [0.25, 0.3) is 0 Å². The van der Waals surface area contributed by atoms with Gasteiger partial charge in [-0.3, -0.25) is 0 Å². The number of nitrogens with zero attached hydrogens (tertiary/aromatic N) is 3. The smallest absolute Gasteiger partial charge is 0.164 e. The topological polar surface area (TPSA) is 87.3 Å². The molecule has 3 heterocycles. The van der Waals surface area contributed by atoms with Crippen LogP contribution in [0.15, 0.2) is 10.4 Å². The minimum atomic E-state index is -0.730. The van der Waals surface area contributed by atoms with Crippen LogP contribution in [0.5, 0.6) is 0 Å². The van der Waals surface area contributed by atoms with Crippen molar-refractivity contribution < 1.29 is 19.3 Å². The fraction of sp³-hybridized carbons (Fsp3) is 0.625. The molecule has 0 aromatic carbocycles. The summed E-state index contributed by atoms with van der Waals surface area (Å²) < 4.78 is 17.9. The van der Waals surface area contributed by atoms with Crippen molar-refractivity contribution in [3.05, 3.63) is 15.8 Å². The average Bonchev–Trinajstić information content (AvgIpc) is 3.14. The van der Waals surface area contributed by atoms with E-state index in [2.05, 4.69) is 11.1 Å². The van der Waals surface area contributed by atoms with Gasteiger partial charge in [-0.05, 0) is 13.8 Å². The Kier molecular flexibility index (Phi) is 4.64. The Morgan fingerprint density at radius 2 is 2.12 bits per heavy atom. The maximum absolute atomic E-state index is 9.60. The SMILES string of the molecule is CN(C)/C=N/c1c([C@@H]2O[C@H](CO)[C@H]3OC(C)(C)O[C@H]32)csc1C#N. The molecule has 7 nitrogen and oxygen atoms in total. The molecule has 24 heavy (non-hydrogen) atoms. The lowest BCUT2D eigenvalue weighted by atomic mass is 10.0. The summed E-state index contributed by atoms with van der Waals surface area (Å²) in [6, 6.07) is 2.17. The molecule has 1 aromatic heterocycles. The number of fused-ring (bicyclic) bond motifs is 1. The Hall–Kier alpha value is -1.50. The Morgan fingerprint density at radius 3 is 2.75 bits per heavy atom. The van der Waals surface area contributed by atoms with Gasteiger partial charge in [0, 0.05) is 25.0 Å². The van der Waals surface area contributed by atoms with Crippen LogP contribution in [0.3, 0.4) is 0 Å². The van der Waals surface area contributed by atoms with E-state index in [1.54, 1.807) is 11.2 Å². The molecule has 1 N–H and O–H groups in total. The third-order valence-corrected chi connectivity index (χ3v) is 4.84. The first kappa shape index (κ1) is 17.3. The second kappa shape index (κ2) is 6.43. The Balaban J connectivity index is 1.97. The summed E-state index contributed by atoms with van der Waals surface area (Å²) in [6.07, 6.45) is 0.0790. The van der Waals surface area contributed by atoms with Crippen LogP contribution in [0, 0.1) is 11.3 Å². The van der Waals surface area contributed by atoms with E-state index in [0.717, 1.165) is 5.56 Å². The highest BCUT2D eigenvalue weighted by Gasteiger charge is 2.55. The monoisotopic (exact) mass is 351 g/mol. The van der Waals surface area contributed by atoms with E-state index >= 15 is 0 Å². The fourth-order valence-electron chi connectivity index (χ4n) is 3.03. The van der Waals surface area contributed by atoms with Crippen LogP contribution < -0.4 is 0 Å².